The Hall–Kier alpha value is -1.22. The van der Waals surface area contributed by atoms with Crippen molar-refractivity contribution >= 4 is 23.2 Å². The van der Waals surface area contributed by atoms with Crippen molar-refractivity contribution in [3.05, 3.63) is 64.1 Å². The first-order valence-electron chi connectivity index (χ1n) is 6.89. The van der Waals surface area contributed by atoms with Gasteiger partial charge in [0.25, 0.3) is 0 Å². The van der Waals surface area contributed by atoms with E-state index in [9.17, 15) is 0 Å². The first kappa shape index (κ1) is 16.2. The molecule has 0 aliphatic heterocycles. The zero-order chi connectivity index (χ0) is 15.3. The van der Waals surface area contributed by atoms with E-state index in [0.717, 1.165) is 28.3 Å². The Morgan fingerprint density at radius 1 is 0.952 bits per heavy atom. The average molecular weight is 325 g/mol. The lowest BCUT2D eigenvalue weighted by Gasteiger charge is -2.29. The van der Waals surface area contributed by atoms with Gasteiger partial charge < -0.3 is 9.22 Å². The second-order valence-electron chi connectivity index (χ2n) is 5.75. The van der Waals surface area contributed by atoms with E-state index in [2.05, 4.69) is 26.2 Å². The van der Waals surface area contributed by atoms with Crippen LogP contribution >= 0.6 is 23.2 Å². The highest BCUT2D eigenvalue weighted by Crippen LogP contribution is 2.18. The minimum Gasteiger partial charge on any atom is -0.488 e. The van der Waals surface area contributed by atoms with Gasteiger partial charge >= 0.3 is 0 Å². The lowest BCUT2D eigenvalue weighted by atomic mass is 10.2. The Morgan fingerprint density at radius 3 is 2.33 bits per heavy atom. The van der Waals surface area contributed by atoms with Crippen LogP contribution in [0.25, 0.3) is 0 Å². The van der Waals surface area contributed by atoms with Gasteiger partial charge in [0, 0.05) is 15.6 Å². The summed E-state index contributed by atoms with van der Waals surface area (Å²) in [5.41, 5.74) is 1.27. The Balaban J connectivity index is 1.84. The van der Waals surface area contributed by atoms with Crippen LogP contribution in [-0.4, -0.2) is 31.7 Å². The first-order valence-corrected chi connectivity index (χ1v) is 7.65. The Bertz CT molecular complexity index is 582. The number of halogens is 2. The highest BCUT2D eigenvalue weighted by molar-refractivity contribution is 6.30. The number of hydrogen-bond donors (Lipinski definition) is 0. The number of quaternary nitrogens is 1. The topological polar surface area (TPSA) is 9.23 Å². The smallest absolute Gasteiger partial charge is 0.137 e. The van der Waals surface area contributed by atoms with Gasteiger partial charge in [-0.3, -0.25) is 0 Å². The average Bonchev–Trinajstić information content (AvgIpc) is 2.41. The van der Waals surface area contributed by atoms with Gasteiger partial charge in [-0.15, -0.1) is 0 Å². The fourth-order valence-corrected chi connectivity index (χ4v) is 2.44. The van der Waals surface area contributed by atoms with Crippen LogP contribution in [0.15, 0.2) is 48.5 Å². The zero-order valence-corrected chi connectivity index (χ0v) is 13.9. The van der Waals surface area contributed by atoms with Crippen molar-refractivity contribution < 1.29 is 9.22 Å². The van der Waals surface area contributed by atoms with Crippen LogP contribution < -0.4 is 4.74 Å². The maximum atomic E-state index is 5.94. The molecule has 0 aromatic heterocycles. The second-order valence-corrected chi connectivity index (χ2v) is 6.62. The largest absolute Gasteiger partial charge is 0.488 e. The summed E-state index contributed by atoms with van der Waals surface area (Å²) >= 11 is 11.9. The van der Waals surface area contributed by atoms with E-state index >= 15 is 0 Å². The number of likely N-dealkylation sites (N-methyl/N-ethyl adjacent to an activating group) is 1. The highest BCUT2D eigenvalue weighted by Gasteiger charge is 2.16. The molecule has 0 amide bonds. The number of benzene rings is 2. The van der Waals surface area contributed by atoms with E-state index in [-0.39, 0.29) is 0 Å². The molecule has 2 rings (SSSR count). The van der Waals surface area contributed by atoms with E-state index in [1.807, 2.05) is 36.4 Å². The molecular formula is C17H20Cl2NO+. The molecule has 0 fully saturated rings. The van der Waals surface area contributed by atoms with Gasteiger partial charge in [0.1, 0.15) is 25.4 Å². The quantitative estimate of drug-likeness (QED) is 0.703. The molecule has 0 aliphatic carbocycles. The fourth-order valence-electron chi connectivity index (χ4n) is 2.13. The monoisotopic (exact) mass is 324 g/mol. The number of nitrogens with zero attached hydrogens (tertiary/aromatic N) is 1. The molecule has 0 aliphatic rings. The lowest BCUT2D eigenvalue weighted by molar-refractivity contribution is -0.903. The zero-order valence-electron chi connectivity index (χ0n) is 12.4. The number of rotatable bonds is 6. The van der Waals surface area contributed by atoms with Crippen LogP contribution in [0.5, 0.6) is 5.75 Å². The molecule has 0 radical (unpaired) electrons. The maximum absolute atomic E-state index is 5.94. The minimum atomic E-state index is 0.654. The Labute approximate surface area is 136 Å². The molecule has 0 unspecified atom stereocenters. The van der Waals surface area contributed by atoms with Crippen molar-refractivity contribution in [3.8, 4) is 5.75 Å². The van der Waals surface area contributed by atoms with Crippen LogP contribution in [-0.2, 0) is 6.54 Å². The third-order valence-corrected chi connectivity index (χ3v) is 3.77. The summed E-state index contributed by atoms with van der Waals surface area (Å²) in [4.78, 5) is 0. The summed E-state index contributed by atoms with van der Waals surface area (Å²) < 4.78 is 6.61. The molecule has 0 saturated carbocycles. The molecule has 21 heavy (non-hydrogen) atoms. The molecule has 0 N–H and O–H groups in total. The van der Waals surface area contributed by atoms with Crippen LogP contribution in [0.1, 0.15) is 5.56 Å². The molecule has 0 spiro atoms. The molecule has 2 aromatic rings. The Kier molecular flexibility index (Phi) is 5.51. The van der Waals surface area contributed by atoms with Crippen LogP contribution in [0.3, 0.4) is 0 Å². The van der Waals surface area contributed by atoms with E-state index < -0.39 is 0 Å². The summed E-state index contributed by atoms with van der Waals surface area (Å²) in [7, 11) is 4.38. The first-order chi connectivity index (χ1) is 9.94. The standard InChI is InChI=1S/C17H20Cl2NO/c1-20(2,13-14-6-8-15(18)9-7-14)10-11-21-17-5-3-4-16(19)12-17/h3-9,12H,10-11,13H2,1-2H3/q+1. The third kappa shape index (κ3) is 5.58. The number of ether oxygens (including phenoxy) is 1. The van der Waals surface area contributed by atoms with Crippen molar-refractivity contribution in [3.63, 3.8) is 0 Å². The summed E-state index contributed by atoms with van der Waals surface area (Å²) in [5.74, 6) is 0.814. The maximum Gasteiger partial charge on any atom is 0.137 e. The van der Waals surface area contributed by atoms with Gasteiger partial charge in [0.05, 0.1) is 14.1 Å². The van der Waals surface area contributed by atoms with Gasteiger partial charge in [-0.2, -0.15) is 0 Å². The van der Waals surface area contributed by atoms with Gasteiger partial charge in [-0.05, 0) is 30.3 Å². The predicted molar refractivity (Wildman–Crippen MR) is 89.1 cm³/mol. The molecule has 4 heteroatoms. The fraction of sp³-hybridized carbons (Fsp3) is 0.294. The Morgan fingerprint density at radius 2 is 1.67 bits per heavy atom. The van der Waals surface area contributed by atoms with Gasteiger partial charge in [-0.25, -0.2) is 0 Å². The van der Waals surface area contributed by atoms with Crippen molar-refractivity contribution in [1.82, 2.24) is 0 Å². The SMILES string of the molecule is C[N+](C)(CCOc1cccc(Cl)c1)Cc1ccc(Cl)cc1. The summed E-state index contributed by atoms with van der Waals surface area (Å²) in [5, 5.41) is 1.47. The van der Waals surface area contributed by atoms with Gasteiger partial charge in [0.15, 0.2) is 0 Å². The molecule has 0 atom stereocenters. The third-order valence-electron chi connectivity index (χ3n) is 3.29. The molecule has 0 bridgehead atoms. The van der Waals surface area contributed by atoms with Gasteiger partial charge in [-0.1, -0.05) is 41.4 Å². The molecular weight excluding hydrogens is 305 g/mol. The molecule has 0 heterocycles. The highest BCUT2D eigenvalue weighted by atomic mass is 35.5. The predicted octanol–water partition coefficient (Wildman–Crippen LogP) is 4.65. The second kappa shape index (κ2) is 7.17. The van der Waals surface area contributed by atoms with Crippen LogP contribution in [0.2, 0.25) is 10.0 Å². The lowest BCUT2D eigenvalue weighted by Crippen LogP contribution is -2.41. The number of hydrogen-bond acceptors (Lipinski definition) is 1. The normalized spacial score (nSPS) is 11.4. The summed E-state index contributed by atoms with van der Waals surface area (Å²) in [6.45, 7) is 2.51. The van der Waals surface area contributed by atoms with Gasteiger partial charge in [0.2, 0.25) is 0 Å². The van der Waals surface area contributed by atoms with Crippen molar-refractivity contribution in [2.24, 2.45) is 0 Å². The van der Waals surface area contributed by atoms with E-state index in [1.165, 1.54) is 5.56 Å². The van der Waals surface area contributed by atoms with Crippen molar-refractivity contribution in [2.75, 3.05) is 27.2 Å². The summed E-state index contributed by atoms with van der Waals surface area (Å²) in [6, 6.07) is 15.5. The van der Waals surface area contributed by atoms with Crippen molar-refractivity contribution in [1.29, 1.82) is 0 Å². The minimum absolute atomic E-state index is 0.654. The van der Waals surface area contributed by atoms with E-state index in [1.54, 1.807) is 0 Å². The van der Waals surface area contributed by atoms with E-state index in [4.69, 9.17) is 27.9 Å². The molecule has 112 valence electrons. The molecule has 2 aromatic carbocycles. The van der Waals surface area contributed by atoms with E-state index in [0.29, 0.717) is 11.6 Å². The van der Waals surface area contributed by atoms with Crippen LogP contribution in [0.4, 0.5) is 0 Å². The van der Waals surface area contributed by atoms with Crippen molar-refractivity contribution in [2.45, 2.75) is 6.54 Å². The molecule has 0 saturated heterocycles. The van der Waals surface area contributed by atoms with Crippen LogP contribution in [0, 0.1) is 0 Å². The molecule has 2 nitrogen and oxygen atoms in total. The summed E-state index contributed by atoms with van der Waals surface area (Å²) in [6.07, 6.45) is 0.